The molecule has 2 atom stereocenters. The van der Waals surface area contributed by atoms with Crippen LogP contribution in [0.2, 0.25) is 0 Å². The molecule has 2 aromatic carbocycles. The number of halogens is 7. The minimum atomic E-state index is -5.03. The van der Waals surface area contributed by atoms with Crippen molar-refractivity contribution < 1.29 is 43.9 Å². The van der Waals surface area contributed by atoms with Crippen LogP contribution >= 0.6 is 0 Å². The van der Waals surface area contributed by atoms with Crippen LogP contribution in [0.3, 0.4) is 0 Å². The van der Waals surface area contributed by atoms with Crippen LogP contribution in [-0.4, -0.2) is 62.1 Å². The number of rotatable bonds is 6. The average Bonchev–Trinajstić information content (AvgIpc) is 2.81. The van der Waals surface area contributed by atoms with Crippen LogP contribution in [0.25, 0.3) is 0 Å². The van der Waals surface area contributed by atoms with Crippen LogP contribution in [0.15, 0.2) is 36.4 Å². The topological polar surface area (TPSA) is 60.9 Å². The van der Waals surface area contributed by atoms with Crippen LogP contribution in [0, 0.1) is 18.7 Å². The zero-order valence-electron chi connectivity index (χ0n) is 21.6. The van der Waals surface area contributed by atoms with Crippen LogP contribution in [0.5, 0.6) is 0 Å². The number of hydrogen-bond acceptors (Lipinski definition) is 3. The summed E-state index contributed by atoms with van der Waals surface area (Å²) in [6, 6.07) is 5.00. The Hall–Kier alpha value is -2.71. The largest absolute Gasteiger partial charge is 0.416 e. The smallest absolute Gasteiger partial charge is 0.341 e. The molecule has 216 valence electrons. The summed E-state index contributed by atoms with van der Waals surface area (Å²) in [4.78, 5) is 14.6. The van der Waals surface area contributed by atoms with Crippen molar-refractivity contribution in [2.75, 3.05) is 34.2 Å². The summed E-state index contributed by atoms with van der Waals surface area (Å²) in [6.45, 7) is 0.893. The highest BCUT2D eigenvalue weighted by Crippen LogP contribution is 2.39. The Labute approximate surface area is 222 Å². The minimum Gasteiger partial charge on any atom is -0.341 e. The maximum absolute atomic E-state index is 13.8. The lowest BCUT2D eigenvalue weighted by molar-refractivity contribution is -0.143. The second-order valence-corrected chi connectivity index (χ2v) is 11.9. The molecule has 1 fully saturated rings. The van der Waals surface area contributed by atoms with E-state index in [0.29, 0.717) is 23.3 Å². The van der Waals surface area contributed by atoms with E-state index in [1.54, 1.807) is 6.92 Å². The van der Waals surface area contributed by atoms with Gasteiger partial charge in [-0.25, -0.2) is 4.39 Å². The Morgan fingerprint density at radius 3 is 2.03 bits per heavy atom. The summed E-state index contributed by atoms with van der Waals surface area (Å²) in [5.74, 6) is -2.72. The SMILES string of the molecule is Cc1cc(F)ccc1[C@@H]1CN(S(=O)(=O)N(C)C)CC[C@H]1C(=O)N(C)Cc1cc(C(F)(F)F)cc(C(F)(F)F)c1. The van der Waals surface area contributed by atoms with E-state index in [9.17, 15) is 43.9 Å². The van der Waals surface area contributed by atoms with Crippen molar-refractivity contribution in [3.63, 3.8) is 0 Å². The molecule has 0 unspecified atom stereocenters. The van der Waals surface area contributed by atoms with Gasteiger partial charge in [-0.3, -0.25) is 4.79 Å². The Morgan fingerprint density at radius 2 is 1.54 bits per heavy atom. The first-order valence-corrected chi connectivity index (χ1v) is 13.2. The highest BCUT2D eigenvalue weighted by atomic mass is 32.2. The Kier molecular flexibility index (Phi) is 8.73. The predicted octanol–water partition coefficient (Wildman–Crippen LogP) is 5.04. The zero-order chi connectivity index (χ0) is 29.5. The summed E-state index contributed by atoms with van der Waals surface area (Å²) in [5, 5.41) is 0. The quantitative estimate of drug-likeness (QED) is 0.448. The van der Waals surface area contributed by atoms with Crippen LogP contribution in [0.1, 0.15) is 40.2 Å². The molecule has 6 nitrogen and oxygen atoms in total. The third-order valence-corrected chi connectivity index (χ3v) is 8.66. The number of hydrogen-bond donors (Lipinski definition) is 0. The standard InChI is InChI=1S/C25H28F7N3O3S/c1-15-9-19(26)5-6-20(15)22-14-35(39(37,38)33(2)3)8-7-21(22)23(36)34(4)13-16-10-17(24(27,28)29)12-18(11-16)25(30,31)32/h5-6,9-12,21-22H,7-8,13-14H2,1-4H3/t21-,22+/m1/s1. The molecule has 3 rings (SSSR count). The summed E-state index contributed by atoms with van der Waals surface area (Å²) in [7, 11) is 0.0946. The van der Waals surface area contributed by atoms with E-state index in [1.807, 2.05) is 0 Å². The summed E-state index contributed by atoms with van der Waals surface area (Å²) in [5.41, 5.74) is -2.36. The van der Waals surface area contributed by atoms with Gasteiger partial charge in [-0.1, -0.05) is 6.07 Å². The van der Waals surface area contributed by atoms with E-state index >= 15 is 0 Å². The molecule has 0 bridgehead atoms. The van der Waals surface area contributed by atoms with E-state index in [-0.39, 0.29) is 31.1 Å². The third-order valence-electron chi connectivity index (χ3n) is 6.76. The number of benzene rings is 2. The highest BCUT2D eigenvalue weighted by Gasteiger charge is 2.42. The number of carbonyl (C=O) groups excluding carboxylic acids is 1. The number of amides is 1. The Bertz CT molecular complexity index is 1290. The van der Waals surface area contributed by atoms with Gasteiger partial charge in [0.2, 0.25) is 5.91 Å². The van der Waals surface area contributed by atoms with E-state index in [1.165, 1.54) is 43.6 Å². The van der Waals surface area contributed by atoms with Crippen molar-refractivity contribution in [3.8, 4) is 0 Å². The average molecular weight is 584 g/mol. The number of piperidine rings is 1. The molecule has 1 heterocycles. The molecule has 0 N–H and O–H groups in total. The number of carbonyl (C=O) groups is 1. The van der Waals surface area contributed by atoms with Gasteiger partial charge in [-0.2, -0.15) is 43.4 Å². The van der Waals surface area contributed by atoms with Crippen molar-refractivity contribution in [2.24, 2.45) is 5.92 Å². The molecule has 0 aliphatic carbocycles. The molecule has 0 radical (unpaired) electrons. The number of nitrogens with zero attached hydrogens (tertiary/aromatic N) is 3. The lowest BCUT2D eigenvalue weighted by atomic mass is 9.79. The third kappa shape index (κ3) is 6.90. The van der Waals surface area contributed by atoms with Gasteiger partial charge < -0.3 is 4.90 Å². The van der Waals surface area contributed by atoms with Gasteiger partial charge in [-0.15, -0.1) is 0 Å². The first kappa shape index (κ1) is 30.8. The van der Waals surface area contributed by atoms with Gasteiger partial charge in [-0.05, 0) is 60.4 Å². The van der Waals surface area contributed by atoms with Gasteiger partial charge in [0.15, 0.2) is 0 Å². The molecular formula is C25H28F7N3O3S. The Morgan fingerprint density at radius 1 is 0.974 bits per heavy atom. The lowest BCUT2D eigenvalue weighted by Gasteiger charge is -2.40. The molecule has 2 aromatic rings. The molecule has 1 aliphatic rings. The van der Waals surface area contributed by atoms with E-state index in [0.717, 1.165) is 9.21 Å². The van der Waals surface area contributed by atoms with Crippen LogP contribution in [0.4, 0.5) is 30.7 Å². The fraction of sp³-hybridized carbons (Fsp3) is 0.480. The van der Waals surface area contributed by atoms with Gasteiger partial charge in [0.1, 0.15) is 5.82 Å². The second-order valence-electron chi connectivity index (χ2n) is 9.76. The molecule has 0 aromatic heterocycles. The van der Waals surface area contributed by atoms with Crippen molar-refractivity contribution >= 4 is 16.1 Å². The number of alkyl halides is 6. The maximum atomic E-state index is 13.8. The first-order valence-electron chi connectivity index (χ1n) is 11.8. The Balaban J connectivity index is 1.96. The monoisotopic (exact) mass is 583 g/mol. The van der Waals surface area contributed by atoms with E-state index in [2.05, 4.69) is 0 Å². The van der Waals surface area contributed by atoms with E-state index in [4.69, 9.17) is 0 Å². The van der Waals surface area contributed by atoms with Crippen molar-refractivity contribution in [3.05, 3.63) is 70.0 Å². The molecular weight excluding hydrogens is 555 g/mol. The molecule has 39 heavy (non-hydrogen) atoms. The second kappa shape index (κ2) is 11.0. The van der Waals surface area contributed by atoms with E-state index < -0.39 is 63.8 Å². The molecule has 1 amide bonds. The van der Waals surface area contributed by atoms with Crippen molar-refractivity contribution in [2.45, 2.75) is 38.2 Å². The van der Waals surface area contributed by atoms with Crippen LogP contribution < -0.4 is 0 Å². The molecule has 1 saturated heterocycles. The zero-order valence-corrected chi connectivity index (χ0v) is 22.4. The van der Waals surface area contributed by atoms with Gasteiger partial charge >= 0.3 is 12.4 Å². The first-order chi connectivity index (χ1) is 17.8. The van der Waals surface area contributed by atoms with Gasteiger partial charge in [0.25, 0.3) is 10.2 Å². The van der Waals surface area contributed by atoms with Crippen molar-refractivity contribution in [1.82, 2.24) is 13.5 Å². The minimum absolute atomic E-state index is 0.0135. The van der Waals surface area contributed by atoms with Gasteiger partial charge in [0.05, 0.1) is 11.1 Å². The molecule has 0 saturated carbocycles. The molecule has 14 heteroatoms. The van der Waals surface area contributed by atoms with Crippen molar-refractivity contribution in [1.29, 1.82) is 0 Å². The van der Waals surface area contributed by atoms with Crippen LogP contribution in [-0.2, 0) is 33.9 Å². The molecule has 1 aliphatic heterocycles. The summed E-state index contributed by atoms with van der Waals surface area (Å²) < 4.78 is 121. The number of aryl methyl sites for hydroxylation is 1. The fourth-order valence-corrected chi connectivity index (χ4v) is 5.92. The predicted molar refractivity (Wildman–Crippen MR) is 129 cm³/mol. The fourth-order valence-electron chi connectivity index (χ4n) is 4.77. The summed E-state index contributed by atoms with van der Waals surface area (Å²) >= 11 is 0. The van der Waals surface area contributed by atoms with Gasteiger partial charge in [0, 0.05) is 52.6 Å². The lowest BCUT2D eigenvalue weighted by Crippen LogP contribution is -2.50. The molecule has 0 spiro atoms. The summed E-state index contributed by atoms with van der Waals surface area (Å²) in [6.07, 6.45) is -10.0. The highest BCUT2D eigenvalue weighted by molar-refractivity contribution is 7.86. The normalized spacial score (nSPS) is 19.4. The maximum Gasteiger partial charge on any atom is 0.416 e.